The Bertz CT molecular complexity index is 679. The van der Waals surface area contributed by atoms with Gasteiger partial charge in [0.2, 0.25) is 0 Å². The number of furan rings is 1. The zero-order valence-electron chi connectivity index (χ0n) is 9.51. The Morgan fingerprint density at radius 3 is 2.67 bits per heavy atom. The lowest BCUT2D eigenvalue weighted by Gasteiger charge is -2.07. The minimum Gasteiger partial charge on any atom is -0.459 e. The first kappa shape index (κ1) is 11.3. The third-order valence-electron chi connectivity index (χ3n) is 2.90. The van der Waals surface area contributed by atoms with Gasteiger partial charge < -0.3 is 10.2 Å². The highest BCUT2D eigenvalue weighted by atomic mass is 35.5. The van der Waals surface area contributed by atoms with Crippen LogP contribution in [-0.2, 0) is 0 Å². The first-order chi connectivity index (χ1) is 8.75. The van der Waals surface area contributed by atoms with E-state index in [1.807, 2.05) is 36.4 Å². The van der Waals surface area contributed by atoms with E-state index in [1.165, 1.54) is 0 Å². The Balaban J connectivity index is 2.07. The van der Waals surface area contributed by atoms with Gasteiger partial charge in [0.1, 0.15) is 11.3 Å². The maximum atomic E-state index is 6.17. The lowest BCUT2D eigenvalue weighted by molar-refractivity contribution is 0.525. The monoisotopic (exact) mass is 258 g/mol. The van der Waals surface area contributed by atoms with Gasteiger partial charge in [-0.1, -0.05) is 17.7 Å². The van der Waals surface area contributed by atoms with Crippen LogP contribution in [0.4, 0.5) is 0 Å². The van der Waals surface area contributed by atoms with Crippen LogP contribution < -0.4 is 5.73 Å². The third kappa shape index (κ3) is 1.88. The molecule has 1 unspecified atom stereocenters. The van der Waals surface area contributed by atoms with Crippen molar-refractivity contribution in [3.05, 3.63) is 65.1 Å². The van der Waals surface area contributed by atoms with Gasteiger partial charge in [-0.3, -0.25) is 4.98 Å². The topological polar surface area (TPSA) is 52.0 Å². The lowest BCUT2D eigenvalue weighted by Crippen LogP contribution is -2.10. The maximum Gasteiger partial charge on any atom is 0.135 e. The first-order valence-electron chi connectivity index (χ1n) is 5.59. The van der Waals surface area contributed by atoms with Crippen LogP contribution in [0.1, 0.15) is 17.4 Å². The maximum absolute atomic E-state index is 6.17. The van der Waals surface area contributed by atoms with Crippen molar-refractivity contribution in [3.8, 4) is 0 Å². The molecule has 1 aromatic carbocycles. The van der Waals surface area contributed by atoms with Crippen LogP contribution in [0, 0.1) is 0 Å². The van der Waals surface area contributed by atoms with Crippen molar-refractivity contribution in [2.75, 3.05) is 0 Å². The van der Waals surface area contributed by atoms with Crippen LogP contribution in [-0.4, -0.2) is 4.98 Å². The minimum absolute atomic E-state index is 0.309. The van der Waals surface area contributed by atoms with Gasteiger partial charge in [-0.15, -0.1) is 0 Å². The molecule has 3 nitrogen and oxygen atoms in total. The molecular formula is C14H11ClN2O. The molecule has 1 atom stereocenters. The fourth-order valence-corrected chi connectivity index (χ4v) is 2.15. The number of fused-ring (bicyclic) bond motifs is 1. The smallest absolute Gasteiger partial charge is 0.135 e. The molecule has 0 saturated heterocycles. The van der Waals surface area contributed by atoms with E-state index in [9.17, 15) is 0 Å². The molecule has 0 aliphatic heterocycles. The summed E-state index contributed by atoms with van der Waals surface area (Å²) in [4.78, 5) is 3.97. The van der Waals surface area contributed by atoms with E-state index in [2.05, 4.69) is 4.98 Å². The highest BCUT2D eigenvalue weighted by Crippen LogP contribution is 2.30. The van der Waals surface area contributed by atoms with Crippen LogP contribution >= 0.6 is 11.6 Å². The van der Waals surface area contributed by atoms with E-state index in [0.717, 1.165) is 16.5 Å². The summed E-state index contributed by atoms with van der Waals surface area (Å²) >= 11 is 6.11. The average Bonchev–Trinajstić information content (AvgIpc) is 2.84. The second-order valence-electron chi connectivity index (χ2n) is 4.06. The predicted octanol–water partition coefficient (Wildman–Crippen LogP) is 3.53. The van der Waals surface area contributed by atoms with Crippen LogP contribution in [0.25, 0.3) is 11.0 Å². The Morgan fingerprint density at radius 1 is 1.17 bits per heavy atom. The second-order valence-corrected chi connectivity index (χ2v) is 4.47. The van der Waals surface area contributed by atoms with Gasteiger partial charge in [-0.2, -0.15) is 0 Å². The summed E-state index contributed by atoms with van der Waals surface area (Å²) in [5.74, 6) is 0.698. The van der Waals surface area contributed by atoms with Crippen LogP contribution in [0.2, 0.25) is 5.02 Å². The van der Waals surface area contributed by atoms with Gasteiger partial charge in [0, 0.05) is 17.8 Å². The molecule has 0 radical (unpaired) electrons. The van der Waals surface area contributed by atoms with Gasteiger partial charge in [0.25, 0.3) is 0 Å². The summed E-state index contributed by atoms with van der Waals surface area (Å²) < 4.78 is 5.74. The lowest BCUT2D eigenvalue weighted by atomic mass is 10.1. The van der Waals surface area contributed by atoms with Crippen molar-refractivity contribution in [2.45, 2.75) is 6.04 Å². The van der Waals surface area contributed by atoms with Crippen LogP contribution in [0.3, 0.4) is 0 Å². The quantitative estimate of drug-likeness (QED) is 0.765. The number of halogens is 1. The molecular weight excluding hydrogens is 248 g/mol. The highest BCUT2D eigenvalue weighted by Gasteiger charge is 2.15. The normalized spacial score (nSPS) is 12.8. The standard InChI is InChI=1S/C14H11ClN2O/c15-11-2-1-3-12-10(11)8-13(18-12)14(16)9-4-6-17-7-5-9/h1-8,14H,16H2. The molecule has 90 valence electrons. The van der Waals surface area contributed by atoms with Gasteiger partial charge in [0.15, 0.2) is 0 Å². The summed E-state index contributed by atoms with van der Waals surface area (Å²) in [7, 11) is 0. The molecule has 0 aliphatic carbocycles. The number of hydrogen-bond acceptors (Lipinski definition) is 3. The number of nitrogens with two attached hydrogens (primary N) is 1. The van der Waals surface area contributed by atoms with E-state index in [0.29, 0.717) is 10.8 Å². The molecule has 18 heavy (non-hydrogen) atoms. The molecule has 0 aliphatic rings. The number of nitrogens with zero attached hydrogens (tertiary/aromatic N) is 1. The summed E-state index contributed by atoms with van der Waals surface area (Å²) in [6, 6.07) is 10.9. The number of rotatable bonds is 2. The second kappa shape index (κ2) is 4.44. The van der Waals surface area contributed by atoms with Gasteiger partial charge >= 0.3 is 0 Å². The van der Waals surface area contributed by atoms with E-state index in [-0.39, 0.29) is 6.04 Å². The zero-order chi connectivity index (χ0) is 12.5. The summed E-state index contributed by atoms with van der Waals surface area (Å²) in [5.41, 5.74) is 7.88. The van der Waals surface area contributed by atoms with E-state index >= 15 is 0 Å². The molecule has 0 saturated carbocycles. The molecule has 2 N–H and O–H groups in total. The summed E-state index contributed by atoms with van der Waals surface area (Å²) in [5, 5.41) is 1.56. The number of pyridine rings is 1. The van der Waals surface area contributed by atoms with Crippen molar-refractivity contribution in [2.24, 2.45) is 5.73 Å². The SMILES string of the molecule is NC(c1ccncc1)c1cc2c(Cl)cccc2o1. The fourth-order valence-electron chi connectivity index (χ4n) is 1.93. The van der Waals surface area contributed by atoms with E-state index < -0.39 is 0 Å². The number of aromatic nitrogens is 1. The summed E-state index contributed by atoms with van der Waals surface area (Å²) in [6.07, 6.45) is 3.43. The Hall–Kier alpha value is -1.84. The molecule has 2 heterocycles. The molecule has 4 heteroatoms. The molecule has 0 spiro atoms. The molecule has 0 fully saturated rings. The minimum atomic E-state index is -0.309. The first-order valence-corrected chi connectivity index (χ1v) is 5.97. The largest absolute Gasteiger partial charge is 0.459 e. The molecule has 0 amide bonds. The highest BCUT2D eigenvalue weighted by molar-refractivity contribution is 6.35. The van der Waals surface area contributed by atoms with Crippen molar-refractivity contribution in [1.29, 1.82) is 0 Å². The van der Waals surface area contributed by atoms with Crippen molar-refractivity contribution in [3.63, 3.8) is 0 Å². The molecule has 3 aromatic rings. The third-order valence-corrected chi connectivity index (χ3v) is 3.23. The van der Waals surface area contributed by atoms with Crippen molar-refractivity contribution in [1.82, 2.24) is 4.98 Å². The fraction of sp³-hybridized carbons (Fsp3) is 0.0714. The Kier molecular flexibility index (Phi) is 2.78. The Labute approximate surface area is 109 Å². The molecule has 0 bridgehead atoms. The average molecular weight is 259 g/mol. The number of benzene rings is 1. The van der Waals surface area contributed by atoms with Gasteiger partial charge in [0.05, 0.1) is 11.1 Å². The molecule has 2 aromatic heterocycles. The predicted molar refractivity (Wildman–Crippen MR) is 71.5 cm³/mol. The summed E-state index contributed by atoms with van der Waals surface area (Å²) in [6.45, 7) is 0. The van der Waals surface area contributed by atoms with Gasteiger partial charge in [-0.05, 0) is 35.9 Å². The van der Waals surface area contributed by atoms with Crippen molar-refractivity contribution < 1.29 is 4.42 Å². The zero-order valence-corrected chi connectivity index (χ0v) is 10.3. The van der Waals surface area contributed by atoms with Gasteiger partial charge in [-0.25, -0.2) is 0 Å². The Morgan fingerprint density at radius 2 is 1.94 bits per heavy atom. The van der Waals surface area contributed by atoms with E-state index in [1.54, 1.807) is 12.4 Å². The van der Waals surface area contributed by atoms with E-state index in [4.69, 9.17) is 21.8 Å². The van der Waals surface area contributed by atoms with Crippen LogP contribution in [0.5, 0.6) is 0 Å². The van der Waals surface area contributed by atoms with Crippen molar-refractivity contribution >= 4 is 22.6 Å². The van der Waals surface area contributed by atoms with Crippen LogP contribution in [0.15, 0.2) is 53.2 Å². The number of hydrogen-bond donors (Lipinski definition) is 1. The molecule has 3 rings (SSSR count).